The summed E-state index contributed by atoms with van der Waals surface area (Å²) in [7, 11) is 0. The third kappa shape index (κ3) is 5.35. The zero-order valence-corrected chi connectivity index (χ0v) is 15.7. The molecule has 0 saturated heterocycles. The predicted molar refractivity (Wildman–Crippen MR) is 104 cm³/mol. The number of carbonyl (C=O) groups is 3. The van der Waals surface area contributed by atoms with Crippen LogP contribution in [-0.2, 0) is 9.59 Å². The number of hydrogen-bond donors (Lipinski definition) is 3. The van der Waals surface area contributed by atoms with Crippen LogP contribution < -0.4 is 20.1 Å². The van der Waals surface area contributed by atoms with E-state index in [1.165, 1.54) is 6.08 Å². The Morgan fingerprint density at radius 2 is 1.79 bits per heavy atom. The van der Waals surface area contributed by atoms with E-state index in [-0.39, 0.29) is 25.5 Å². The number of carboxylic acids is 1. The minimum Gasteiger partial charge on any atom is -0.481 e. The summed E-state index contributed by atoms with van der Waals surface area (Å²) in [5.74, 6) is -0.947. The molecule has 2 amide bonds. The fourth-order valence-electron chi connectivity index (χ4n) is 2.61. The second kappa shape index (κ2) is 8.92. The fourth-order valence-corrected chi connectivity index (χ4v) is 2.61. The first-order valence-electron chi connectivity index (χ1n) is 8.92. The van der Waals surface area contributed by atoms with E-state index in [0.29, 0.717) is 22.6 Å². The van der Waals surface area contributed by atoms with Crippen molar-refractivity contribution in [2.45, 2.75) is 13.3 Å². The summed E-state index contributed by atoms with van der Waals surface area (Å²) in [4.78, 5) is 35.8. The zero-order valence-electron chi connectivity index (χ0n) is 15.7. The SMILES string of the molecule is Cc1ccc(C(=O)NC(=Cc2ccc3c(c2)OCO3)C(=O)NCCC(=O)O)cc1. The summed E-state index contributed by atoms with van der Waals surface area (Å²) < 4.78 is 10.6. The maximum absolute atomic E-state index is 12.6. The Labute approximate surface area is 167 Å². The third-order valence-electron chi connectivity index (χ3n) is 4.14. The number of rotatable bonds is 7. The van der Waals surface area contributed by atoms with Gasteiger partial charge in [0, 0.05) is 12.1 Å². The number of amides is 2. The molecule has 0 bridgehead atoms. The molecule has 2 aromatic carbocycles. The van der Waals surface area contributed by atoms with Crippen LogP contribution in [-0.4, -0.2) is 36.2 Å². The van der Waals surface area contributed by atoms with E-state index < -0.39 is 17.8 Å². The first-order chi connectivity index (χ1) is 13.9. The molecule has 3 rings (SSSR count). The molecule has 0 radical (unpaired) electrons. The van der Waals surface area contributed by atoms with Crippen LogP contribution in [0.25, 0.3) is 6.08 Å². The summed E-state index contributed by atoms with van der Waals surface area (Å²) >= 11 is 0. The van der Waals surface area contributed by atoms with E-state index in [1.807, 2.05) is 6.92 Å². The average molecular weight is 396 g/mol. The number of benzene rings is 2. The molecule has 2 aromatic rings. The highest BCUT2D eigenvalue weighted by molar-refractivity contribution is 6.05. The quantitative estimate of drug-likeness (QED) is 0.618. The minimum absolute atomic E-state index is 0.0140. The summed E-state index contributed by atoms with van der Waals surface area (Å²) in [5.41, 5.74) is 2.00. The maximum Gasteiger partial charge on any atom is 0.305 e. The van der Waals surface area contributed by atoms with Gasteiger partial charge in [-0.2, -0.15) is 0 Å². The first-order valence-corrected chi connectivity index (χ1v) is 8.92. The average Bonchev–Trinajstić information content (AvgIpc) is 3.15. The van der Waals surface area contributed by atoms with Crippen LogP contribution >= 0.6 is 0 Å². The molecule has 1 aliphatic rings. The predicted octanol–water partition coefficient (Wildman–Crippen LogP) is 2.09. The van der Waals surface area contributed by atoms with Gasteiger partial charge < -0.3 is 25.2 Å². The fraction of sp³-hybridized carbons (Fsp3) is 0.190. The summed E-state index contributed by atoms with van der Waals surface area (Å²) in [6.07, 6.45) is 1.26. The highest BCUT2D eigenvalue weighted by atomic mass is 16.7. The third-order valence-corrected chi connectivity index (χ3v) is 4.14. The molecule has 0 fully saturated rings. The number of aryl methyl sites for hydroxylation is 1. The van der Waals surface area contributed by atoms with Gasteiger partial charge in [-0.25, -0.2) is 0 Å². The van der Waals surface area contributed by atoms with Gasteiger partial charge in [-0.3, -0.25) is 14.4 Å². The smallest absolute Gasteiger partial charge is 0.305 e. The van der Waals surface area contributed by atoms with Gasteiger partial charge in [-0.15, -0.1) is 0 Å². The van der Waals surface area contributed by atoms with Crippen molar-refractivity contribution in [1.82, 2.24) is 10.6 Å². The van der Waals surface area contributed by atoms with Crippen LogP contribution in [0.5, 0.6) is 11.5 Å². The van der Waals surface area contributed by atoms with Crippen LogP contribution in [0.15, 0.2) is 48.2 Å². The summed E-state index contributed by atoms with van der Waals surface area (Å²) in [6, 6.07) is 12.0. The molecule has 3 N–H and O–H groups in total. The number of hydrogen-bond acceptors (Lipinski definition) is 5. The number of nitrogens with one attached hydrogen (secondary N) is 2. The highest BCUT2D eigenvalue weighted by Crippen LogP contribution is 2.33. The largest absolute Gasteiger partial charge is 0.481 e. The first kappa shape index (κ1) is 19.9. The Morgan fingerprint density at radius 3 is 2.52 bits per heavy atom. The van der Waals surface area contributed by atoms with Crippen LogP contribution in [0, 0.1) is 6.92 Å². The molecular weight excluding hydrogens is 376 g/mol. The number of ether oxygens (including phenoxy) is 2. The van der Waals surface area contributed by atoms with Crippen molar-refractivity contribution in [2.75, 3.05) is 13.3 Å². The molecule has 0 saturated carbocycles. The Kier molecular flexibility index (Phi) is 6.13. The standard InChI is InChI=1S/C21H20N2O6/c1-13-2-5-15(6-3-13)20(26)23-16(21(27)22-9-8-19(24)25)10-14-4-7-17-18(11-14)29-12-28-17/h2-7,10-11H,8-9,12H2,1H3,(H,22,27)(H,23,26)(H,24,25). The van der Waals surface area contributed by atoms with Crippen molar-refractivity contribution >= 4 is 23.9 Å². The van der Waals surface area contributed by atoms with E-state index in [0.717, 1.165) is 5.56 Å². The van der Waals surface area contributed by atoms with Gasteiger partial charge in [-0.1, -0.05) is 23.8 Å². The van der Waals surface area contributed by atoms with Gasteiger partial charge in [0.25, 0.3) is 11.8 Å². The van der Waals surface area contributed by atoms with Crippen molar-refractivity contribution < 1.29 is 29.0 Å². The zero-order chi connectivity index (χ0) is 20.8. The Bertz CT molecular complexity index is 966. The lowest BCUT2D eigenvalue weighted by molar-refractivity contribution is -0.136. The van der Waals surface area contributed by atoms with Crippen molar-refractivity contribution in [3.8, 4) is 11.5 Å². The van der Waals surface area contributed by atoms with Gasteiger partial charge >= 0.3 is 5.97 Å². The molecule has 8 heteroatoms. The molecule has 0 aliphatic carbocycles. The van der Waals surface area contributed by atoms with E-state index in [4.69, 9.17) is 14.6 Å². The lowest BCUT2D eigenvalue weighted by atomic mass is 10.1. The number of fused-ring (bicyclic) bond motifs is 1. The monoisotopic (exact) mass is 396 g/mol. The van der Waals surface area contributed by atoms with E-state index in [2.05, 4.69) is 10.6 Å². The molecule has 0 unspecified atom stereocenters. The van der Waals surface area contributed by atoms with Gasteiger partial charge in [0.15, 0.2) is 11.5 Å². The minimum atomic E-state index is -1.03. The van der Waals surface area contributed by atoms with Gasteiger partial charge in [0.2, 0.25) is 6.79 Å². The van der Waals surface area contributed by atoms with Crippen LogP contribution in [0.3, 0.4) is 0 Å². The Morgan fingerprint density at radius 1 is 1.07 bits per heavy atom. The topological polar surface area (TPSA) is 114 Å². The lowest BCUT2D eigenvalue weighted by Gasteiger charge is -2.11. The number of carbonyl (C=O) groups excluding carboxylic acids is 2. The highest BCUT2D eigenvalue weighted by Gasteiger charge is 2.17. The molecule has 29 heavy (non-hydrogen) atoms. The summed E-state index contributed by atoms with van der Waals surface area (Å²) in [5, 5.41) is 13.8. The second-order valence-electron chi connectivity index (χ2n) is 6.39. The maximum atomic E-state index is 12.6. The van der Waals surface area contributed by atoms with Crippen LogP contribution in [0.2, 0.25) is 0 Å². The Balaban J connectivity index is 1.82. The number of aliphatic carboxylic acids is 1. The van der Waals surface area contributed by atoms with E-state index in [1.54, 1.807) is 42.5 Å². The van der Waals surface area contributed by atoms with Crippen molar-refractivity contribution in [3.63, 3.8) is 0 Å². The Hall–Kier alpha value is -3.81. The van der Waals surface area contributed by atoms with Crippen LogP contribution in [0.4, 0.5) is 0 Å². The lowest BCUT2D eigenvalue weighted by Crippen LogP contribution is -2.35. The molecule has 1 heterocycles. The van der Waals surface area contributed by atoms with Crippen molar-refractivity contribution in [3.05, 3.63) is 64.9 Å². The van der Waals surface area contributed by atoms with Crippen molar-refractivity contribution in [1.29, 1.82) is 0 Å². The summed E-state index contributed by atoms with van der Waals surface area (Å²) in [6.45, 7) is 1.96. The molecule has 0 spiro atoms. The number of carboxylic acid groups (broad SMARTS) is 1. The molecule has 0 atom stereocenters. The molecule has 8 nitrogen and oxygen atoms in total. The van der Waals surface area contributed by atoms with Crippen molar-refractivity contribution in [2.24, 2.45) is 0 Å². The van der Waals surface area contributed by atoms with Gasteiger partial charge in [0.05, 0.1) is 6.42 Å². The van der Waals surface area contributed by atoms with Crippen LogP contribution in [0.1, 0.15) is 27.9 Å². The molecule has 1 aliphatic heterocycles. The molecule has 150 valence electrons. The van der Waals surface area contributed by atoms with E-state index >= 15 is 0 Å². The molecular formula is C21H20N2O6. The van der Waals surface area contributed by atoms with Gasteiger partial charge in [0.1, 0.15) is 5.70 Å². The molecule has 0 aromatic heterocycles. The van der Waals surface area contributed by atoms with E-state index in [9.17, 15) is 14.4 Å². The normalized spacial score (nSPS) is 12.4. The van der Waals surface area contributed by atoms with Gasteiger partial charge in [-0.05, 0) is 42.8 Å². The second-order valence-corrected chi connectivity index (χ2v) is 6.39.